The van der Waals surface area contributed by atoms with E-state index in [1.807, 2.05) is 19.9 Å². The maximum atomic E-state index is 13.7. The van der Waals surface area contributed by atoms with Crippen molar-refractivity contribution in [1.82, 2.24) is 5.32 Å². The number of rotatable bonds is 4. The van der Waals surface area contributed by atoms with Gasteiger partial charge in [0.1, 0.15) is 11.6 Å². The van der Waals surface area contributed by atoms with E-state index in [1.54, 1.807) is 24.3 Å². The van der Waals surface area contributed by atoms with E-state index in [-0.39, 0.29) is 23.7 Å². The fraction of sp³-hybridized carbons (Fsp3) is 0.250. The van der Waals surface area contributed by atoms with Crippen molar-refractivity contribution in [3.63, 3.8) is 0 Å². The molecule has 0 fully saturated rings. The van der Waals surface area contributed by atoms with Crippen molar-refractivity contribution in [2.75, 3.05) is 0 Å². The van der Waals surface area contributed by atoms with Crippen LogP contribution in [0.3, 0.4) is 0 Å². The van der Waals surface area contributed by atoms with Gasteiger partial charge in [0.25, 0.3) is 0 Å². The number of hydrogen-bond acceptors (Lipinski definition) is 1. The average Bonchev–Trinajstić information content (AvgIpc) is 2.42. The lowest BCUT2D eigenvalue weighted by Gasteiger charge is -2.21. The van der Waals surface area contributed by atoms with Crippen molar-refractivity contribution in [2.24, 2.45) is 0 Å². The molecule has 0 aliphatic carbocycles. The average molecular weight is 340 g/mol. The summed E-state index contributed by atoms with van der Waals surface area (Å²) in [5.41, 5.74) is 1.57. The molecular formula is C16H16BrF2N. The Morgan fingerprint density at radius 3 is 2.30 bits per heavy atom. The SMILES string of the molecule is CC(N[C@H](C)c1ccccc1F)c1ccc(F)c(Br)c1. The van der Waals surface area contributed by atoms with Crippen LogP contribution in [-0.4, -0.2) is 0 Å². The Bertz CT molecular complexity index is 601. The van der Waals surface area contributed by atoms with Crippen LogP contribution in [0.5, 0.6) is 0 Å². The molecule has 20 heavy (non-hydrogen) atoms. The molecule has 0 aliphatic heterocycles. The Kier molecular flexibility index (Phi) is 4.89. The highest BCUT2D eigenvalue weighted by Gasteiger charge is 2.14. The van der Waals surface area contributed by atoms with E-state index in [1.165, 1.54) is 12.1 Å². The Balaban J connectivity index is 2.13. The van der Waals surface area contributed by atoms with Crippen LogP contribution in [-0.2, 0) is 0 Å². The van der Waals surface area contributed by atoms with Gasteiger partial charge in [-0.15, -0.1) is 0 Å². The Labute approximate surface area is 126 Å². The first-order valence-electron chi connectivity index (χ1n) is 6.44. The lowest BCUT2D eigenvalue weighted by atomic mass is 10.0. The fourth-order valence-electron chi connectivity index (χ4n) is 2.17. The van der Waals surface area contributed by atoms with Gasteiger partial charge in [-0.05, 0) is 53.5 Å². The van der Waals surface area contributed by atoms with Crippen LogP contribution in [0.15, 0.2) is 46.9 Å². The maximum Gasteiger partial charge on any atom is 0.137 e. The van der Waals surface area contributed by atoms with E-state index >= 15 is 0 Å². The third-order valence-corrected chi connectivity index (χ3v) is 3.92. The molecule has 2 rings (SSSR count). The third-order valence-electron chi connectivity index (χ3n) is 3.32. The molecule has 4 heteroatoms. The van der Waals surface area contributed by atoms with E-state index in [0.717, 1.165) is 5.56 Å². The molecule has 0 saturated carbocycles. The van der Waals surface area contributed by atoms with E-state index in [9.17, 15) is 8.78 Å². The summed E-state index contributed by atoms with van der Waals surface area (Å²) in [6.45, 7) is 3.88. The van der Waals surface area contributed by atoms with Crippen molar-refractivity contribution in [3.05, 3.63) is 69.7 Å². The van der Waals surface area contributed by atoms with Crippen LogP contribution >= 0.6 is 15.9 Å². The molecule has 0 bridgehead atoms. The first-order chi connectivity index (χ1) is 9.49. The lowest BCUT2D eigenvalue weighted by Crippen LogP contribution is -2.23. The highest BCUT2D eigenvalue weighted by Crippen LogP contribution is 2.24. The highest BCUT2D eigenvalue weighted by atomic mass is 79.9. The molecule has 1 nitrogen and oxygen atoms in total. The number of halogens is 3. The van der Waals surface area contributed by atoms with Gasteiger partial charge < -0.3 is 5.32 Å². The van der Waals surface area contributed by atoms with Crippen LogP contribution in [0.25, 0.3) is 0 Å². The summed E-state index contributed by atoms with van der Waals surface area (Å²) in [5.74, 6) is -0.511. The van der Waals surface area contributed by atoms with Gasteiger partial charge in [0.2, 0.25) is 0 Å². The molecule has 0 radical (unpaired) electrons. The Morgan fingerprint density at radius 2 is 1.65 bits per heavy atom. The van der Waals surface area contributed by atoms with Crippen molar-refractivity contribution < 1.29 is 8.78 Å². The molecule has 1 unspecified atom stereocenters. The minimum absolute atomic E-state index is 0.0125. The first kappa shape index (κ1) is 15.1. The zero-order valence-corrected chi connectivity index (χ0v) is 12.9. The summed E-state index contributed by atoms with van der Waals surface area (Å²) < 4.78 is 27.4. The zero-order chi connectivity index (χ0) is 14.7. The number of hydrogen-bond donors (Lipinski definition) is 1. The molecule has 2 atom stereocenters. The zero-order valence-electron chi connectivity index (χ0n) is 11.3. The minimum Gasteiger partial charge on any atom is -0.304 e. The quantitative estimate of drug-likeness (QED) is 0.813. The highest BCUT2D eigenvalue weighted by molar-refractivity contribution is 9.10. The normalized spacial score (nSPS) is 14.1. The summed E-state index contributed by atoms with van der Waals surface area (Å²) in [5, 5.41) is 3.32. The van der Waals surface area contributed by atoms with Gasteiger partial charge in [-0.2, -0.15) is 0 Å². The summed E-state index contributed by atoms with van der Waals surface area (Å²) in [7, 11) is 0. The molecule has 1 N–H and O–H groups in total. The number of benzene rings is 2. The Hall–Kier alpha value is -1.26. The molecule has 0 amide bonds. The fourth-order valence-corrected chi connectivity index (χ4v) is 2.57. The maximum absolute atomic E-state index is 13.7. The van der Waals surface area contributed by atoms with E-state index in [4.69, 9.17) is 0 Å². The topological polar surface area (TPSA) is 12.0 Å². The standard InChI is InChI=1S/C16H16BrF2N/c1-10(12-7-8-16(19)14(17)9-12)20-11(2)13-5-3-4-6-15(13)18/h3-11,20H,1-2H3/t10?,11-/m1/s1. The summed E-state index contributed by atoms with van der Waals surface area (Å²) >= 11 is 3.17. The molecule has 106 valence electrons. The van der Waals surface area contributed by atoms with Crippen LogP contribution in [0.2, 0.25) is 0 Å². The summed E-state index contributed by atoms with van der Waals surface area (Å²) in [4.78, 5) is 0. The molecule has 0 aliphatic rings. The van der Waals surface area contributed by atoms with Crippen LogP contribution < -0.4 is 5.32 Å². The third kappa shape index (κ3) is 3.44. The predicted octanol–water partition coefficient (Wildman–Crippen LogP) is 5.14. The number of nitrogens with one attached hydrogen (secondary N) is 1. The van der Waals surface area contributed by atoms with Gasteiger partial charge in [-0.3, -0.25) is 0 Å². The molecule has 0 heterocycles. The molecule has 0 aromatic heterocycles. The summed E-state index contributed by atoms with van der Waals surface area (Å²) in [6.07, 6.45) is 0. The molecule has 0 saturated heterocycles. The van der Waals surface area contributed by atoms with Crippen molar-refractivity contribution in [1.29, 1.82) is 0 Å². The van der Waals surface area contributed by atoms with Crippen molar-refractivity contribution in [3.8, 4) is 0 Å². The second-order valence-corrected chi connectivity index (χ2v) is 5.66. The van der Waals surface area contributed by atoms with Gasteiger partial charge in [0.05, 0.1) is 4.47 Å². The van der Waals surface area contributed by atoms with Gasteiger partial charge >= 0.3 is 0 Å². The van der Waals surface area contributed by atoms with E-state index < -0.39 is 0 Å². The Morgan fingerprint density at radius 1 is 0.950 bits per heavy atom. The molecular weight excluding hydrogens is 324 g/mol. The summed E-state index contributed by atoms with van der Waals surface area (Å²) in [6, 6.07) is 11.4. The molecule has 2 aromatic rings. The smallest absolute Gasteiger partial charge is 0.137 e. The minimum atomic E-state index is -0.289. The van der Waals surface area contributed by atoms with Gasteiger partial charge in [-0.1, -0.05) is 24.3 Å². The van der Waals surface area contributed by atoms with Crippen molar-refractivity contribution >= 4 is 15.9 Å². The molecule has 2 aromatic carbocycles. The van der Waals surface area contributed by atoms with Crippen LogP contribution in [0, 0.1) is 11.6 Å². The monoisotopic (exact) mass is 339 g/mol. The second-order valence-electron chi connectivity index (χ2n) is 4.81. The van der Waals surface area contributed by atoms with E-state index in [0.29, 0.717) is 10.0 Å². The van der Waals surface area contributed by atoms with Crippen molar-refractivity contribution in [2.45, 2.75) is 25.9 Å². The van der Waals surface area contributed by atoms with Gasteiger partial charge in [-0.25, -0.2) is 8.78 Å². The van der Waals surface area contributed by atoms with E-state index in [2.05, 4.69) is 21.2 Å². The van der Waals surface area contributed by atoms with Crippen LogP contribution in [0.4, 0.5) is 8.78 Å². The lowest BCUT2D eigenvalue weighted by molar-refractivity contribution is 0.473. The second kappa shape index (κ2) is 6.46. The first-order valence-corrected chi connectivity index (χ1v) is 7.23. The van der Waals surface area contributed by atoms with Gasteiger partial charge in [0.15, 0.2) is 0 Å². The van der Waals surface area contributed by atoms with Crippen LogP contribution in [0.1, 0.15) is 37.1 Å². The molecule has 0 spiro atoms. The largest absolute Gasteiger partial charge is 0.304 e. The van der Waals surface area contributed by atoms with Gasteiger partial charge in [0, 0.05) is 17.6 Å². The predicted molar refractivity (Wildman–Crippen MR) is 80.5 cm³/mol.